The second-order valence-corrected chi connectivity index (χ2v) is 7.35. The molecule has 1 saturated carbocycles. The topological polar surface area (TPSA) is 49.3 Å². The molecule has 2 atom stereocenters. The zero-order chi connectivity index (χ0) is 17.1. The number of rotatable bonds is 5. The fourth-order valence-corrected chi connectivity index (χ4v) is 3.58. The zero-order valence-electron chi connectivity index (χ0n) is 14.3. The van der Waals surface area contributed by atoms with Crippen LogP contribution in [0, 0.1) is 19.7 Å². The van der Waals surface area contributed by atoms with Gasteiger partial charge >= 0.3 is 0 Å². The van der Waals surface area contributed by atoms with Crippen molar-refractivity contribution in [1.29, 1.82) is 0 Å². The Hall–Kier alpha value is -1.95. The summed E-state index contributed by atoms with van der Waals surface area (Å²) in [5, 5.41) is 7.68. The standard InChI is InChI=1S/C18H23FN4S/c1-4-20-18(21-10-17-22-11(2)12(3)24-17)23-16-9-14(16)13-7-5-6-8-15(13)19/h5-8,14,16H,4,9-10H2,1-3H3,(H2,20,21,23). The maximum Gasteiger partial charge on any atom is 0.191 e. The second-order valence-electron chi connectivity index (χ2n) is 6.06. The first-order valence-corrected chi connectivity index (χ1v) is 9.12. The number of aryl methyl sites for hydroxylation is 2. The van der Waals surface area contributed by atoms with Gasteiger partial charge in [-0.1, -0.05) is 18.2 Å². The van der Waals surface area contributed by atoms with Crippen molar-refractivity contribution in [1.82, 2.24) is 15.6 Å². The van der Waals surface area contributed by atoms with E-state index in [-0.39, 0.29) is 17.8 Å². The molecule has 0 aliphatic heterocycles. The van der Waals surface area contributed by atoms with E-state index in [1.807, 2.05) is 26.0 Å². The van der Waals surface area contributed by atoms with Crippen molar-refractivity contribution in [2.75, 3.05) is 6.54 Å². The first-order valence-electron chi connectivity index (χ1n) is 8.30. The number of nitrogens with zero attached hydrogens (tertiary/aromatic N) is 2. The Morgan fingerprint density at radius 2 is 2.17 bits per heavy atom. The van der Waals surface area contributed by atoms with Crippen molar-refractivity contribution < 1.29 is 4.39 Å². The number of aliphatic imine (C=N–C) groups is 1. The molecule has 3 rings (SSSR count). The molecule has 2 N–H and O–H groups in total. The van der Waals surface area contributed by atoms with E-state index in [0.29, 0.717) is 6.54 Å². The van der Waals surface area contributed by atoms with Crippen LogP contribution in [-0.4, -0.2) is 23.5 Å². The molecular weight excluding hydrogens is 323 g/mol. The molecule has 24 heavy (non-hydrogen) atoms. The van der Waals surface area contributed by atoms with Crippen LogP contribution in [0.15, 0.2) is 29.3 Å². The van der Waals surface area contributed by atoms with E-state index in [1.165, 1.54) is 10.9 Å². The summed E-state index contributed by atoms with van der Waals surface area (Å²) < 4.78 is 13.9. The van der Waals surface area contributed by atoms with Crippen molar-refractivity contribution in [3.8, 4) is 0 Å². The lowest BCUT2D eigenvalue weighted by Gasteiger charge is -2.11. The highest BCUT2D eigenvalue weighted by Crippen LogP contribution is 2.41. The third-order valence-corrected chi connectivity index (χ3v) is 5.26. The fourth-order valence-electron chi connectivity index (χ4n) is 2.72. The summed E-state index contributed by atoms with van der Waals surface area (Å²) in [7, 11) is 0. The lowest BCUT2D eigenvalue weighted by Crippen LogP contribution is -2.39. The van der Waals surface area contributed by atoms with Gasteiger partial charge in [-0.2, -0.15) is 0 Å². The second kappa shape index (κ2) is 7.30. The van der Waals surface area contributed by atoms with Gasteiger partial charge in [-0.25, -0.2) is 14.4 Å². The quantitative estimate of drug-likeness (QED) is 0.643. The van der Waals surface area contributed by atoms with Crippen molar-refractivity contribution in [2.45, 2.75) is 45.7 Å². The predicted molar refractivity (Wildman–Crippen MR) is 97.1 cm³/mol. The molecular formula is C18H23FN4S. The Bertz CT molecular complexity index is 721. The molecule has 0 spiro atoms. The third-order valence-electron chi connectivity index (χ3n) is 4.21. The first kappa shape index (κ1) is 16.9. The molecule has 1 aromatic heterocycles. The fraction of sp³-hybridized carbons (Fsp3) is 0.444. The van der Waals surface area contributed by atoms with E-state index < -0.39 is 0 Å². The van der Waals surface area contributed by atoms with Crippen LogP contribution in [0.25, 0.3) is 0 Å². The molecule has 128 valence electrons. The van der Waals surface area contributed by atoms with Gasteiger partial charge in [0.2, 0.25) is 0 Å². The lowest BCUT2D eigenvalue weighted by molar-refractivity contribution is 0.607. The third kappa shape index (κ3) is 3.93. The highest BCUT2D eigenvalue weighted by atomic mass is 32.1. The first-order chi connectivity index (χ1) is 11.6. The van der Waals surface area contributed by atoms with Crippen LogP contribution in [0.2, 0.25) is 0 Å². The maximum absolute atomic E-state index is 13.9. The lowest BCUT2D eigenvalue weighted by atomic mass is 10.1. The summed E-state index contributed by atoms with van der Waals surface area (Å²) in [6.07, 6.45) is 0.931. The van der Waals surface area contributed by atoms with Crippen molar-refractivity contribution in [3.63, 3.8) is 0 Å². The molecule has 1 fully saturated rings. The molecule has 1 aliphatic carbocycles. The summed E-state index contributed by atoms with van der Waals surface area (Å²) in [4.78, 5) is 10.4. The number of aromatic nitrogens is 1. The Morgan fingerprint density at radius 3 is 2.83 bits per heavy atom. The average molecular weight is 346 g/mol. The van der Waals surface area contributed by atoms with E-state index >= 15 is 0 Å². The maximum atomic E-state index is 13.9. The van der Waals surface area contributed by atoms with Gasteiger partial charge < -0.3 is 10.6 Å². The van der Waals surface area contributed by atoms with E-state index in [0.717, 1.165) is 35.2 Å². The van der Waals surface area contributed by atoms with Crippen molar-refractivity contribution in [2.24, 2.45) is 4.99 Å². The minimum Gasteiger partial charge on any atom is -0.357 e. The summed E-state index contributed by atoms with van der Waals surface area (Å²) in [6, 6.07) is 7.25. The number of benzene rings is 1. The predicted octanol–water partition coefficient (Wildman–Crippen LogP) is 3.51. The summed E-state index contributed by atoms with van der Waals surface area (Å²) in [5.41, 5.74) is 1.86. The average Bonchev–Trinajstić information content (AvgIpc) is 3.23. The van der Waals surface area contributed by atoms with Gasteiger partial charge in [0.05, 0.1) is 12.2 Å². The SMILES string of the molecule is CCNC(=NCc1nc(C)c(C)s1)NC1CC1c1ccccc1F. The van der Waals surface area contributed by atoms with Crippen LogP contribution in [0.1, 0.15) is 40.4 Å². The van der Waals surface area contributed by atoms with Crippen molar-refractivity contribution >= 4 is 17.3 Å². The van der Waals surface area contributed by atoms with Crippen LogP contribution in [0.3, 0.4) is 0 Å². The Kier molecular flexibility index (Phi) is 5.14. The van der Waals surface area contributed by atoms with Crippen LogP contribution < -0.4 is 10.6 Å². The van der Waals surface area contributed by atoms with Gasteiger partial charge in [0.1, 0.15) is 10.8 Å². The molecule has 2 unspecified atom stereocenters. The van der Waals surface area contributed by atoms with Gasteiger partial charge in [0.15, 0.2) is 5.96 Å². The Morgan fingerprint density at radius 1 is 1.38 bits per heavy atom. The minimum atomic E-state index is -0.123. The zero-order valence-corrected chi connectivity index (χ0v) is 15.1. The highest BCUT2D eigenvalue weighted by molar-refractivity contribution is 7.11. The minimum absolute atomic E-state index is 0.123. The number of hydrogen-bond acceptors (Lipinski definition) is 3. The number of thiazole rings is 1. The molecule has 0 amide bonds. The van der Waals surface area contributed by atoms with E-state index in [9.17, 15) is 4.39 Å². The van der Waals surface area contributed by atoms with Gasteiger partial charge in [-0.3, -0.25) is 0 Å². The largest absolute Gasteiger partial charge is 0.357 e. The number of guanidine groups is 1. The van der Waals surface area contributed by atoms with E-state index in [2.05, 4.69) is 27.5 Å². The monoisotopic (exact) mass is 346 g/mol. The van der Waals surface area contributed by atoms with Crippen LogP contribution in [-0.2, 0) is 6.54 Å². The normalized spacial score (nSPS) is 20.1. The van der Waals surface area contributed by atoms with Crippen molar-refractivity contribution in [3.05, 3.63) is 51.2 Å². The van der Waals surface area contributed by atoms with Crippen LogP contribution in [0.5, 0.6) is 0 Å². The summed E-state index contributed by atoms with van der Waals surface area (Å²) in [6.45, 7) is 7.49. The Balaban J connectivity index is 1.62. The van der Waals surface area contributed by atoms with Crippen LogP contribution in [0.4, 0.5) is 4.39 Å². The Labute approximate surface area is 146 Å². The highest BCUT2D eigenvalue weighted by Gasteiger charge is 2.40. The summed E-state index contributed by atoms with van der Waals surface area (Å²) in [5.74, 6) is 0.869. The molecule has 0 radical (unpaired) electrons. The molecule has 2 aromatic rings. The van der Waals surface area contributed by atoms with Gasteiger partial charge in [-0.15, -0.1) is 11.3 Å². The number of nitrogens with one attached hydrogen (secondary N) is 2. The smallest absolute Gasteiger partial charge is 0.191 e. The molecule has 4 nitrogen and oxygen atoms in total. The van der Waals surface area contributed by atoms with Crippen LogP contribution >= 0.6 is 11.3 Å². The molecule has 1 heterocycles. The molecule has 0 bridgehead atoms. The van der Waals surface area contributed by atoms with Gasteiger partial charge in [0, 0.05) is 23.4 Å². The number of hydrogen-bond donors (Lipinski definition) is 2. The van der Waals surface area contributed by atoms with E-state index in [4.69, 9.17) is 0 Å². The van der Waals surface area contributed by atoms with Gasteiger partial charge in [-0.05, 0) is 38.8 Å². The van der Waals surface area contributed by atoms with E-state index in [1.54, 1.807) is 17.4 Å². The molecule has 6 heteroatoms. The molecule has 1 aliphatic rings. The molecule has 1 aromatic carbocycles. The molecule has 0 saturated heterocycles. The summed E-state index contributed by atoms with van der Waals surface area (Å²) >= 11 is 1.68. The number of halogens is 1. The van der Waals surface area contributed by atoms with Gasteiger partial charge in [0.25, 0.3) is 0 Å².